The molecule has 2 N–H and O–H groups in total. The lowest BCUT2D eigenvalue weighted by Gasteiger charge is -2.08. The topological polar surface area (TPSA) is 63.2 Å². The molecule has 0 saturated heterocycles. The normalized spacial score (nSPS) is 10.5. The number of hydrogen-bond acceptors (Lipinski definition) is 3. The van der Waals surface area contributed by atoms with E-state index in [1.807, 2.05) is 18.2 Å². The van der Waals surface area contributed by atoms with Crippen LogP contribution in [0.15, 0.2) is 24.4 Å². The van der Waals surface area contributed by atoms with Gasteiger partial charge >= 0.3 is 6.03 Å². The SMILES string of the molecule is CCCCCCCCOCCCNC(=O)NCc1ccccn1. The van der Waals surface area contributed by atoms with Crippen molar-refractivity contribution in [3.05, 3.63) is 30.1 Å². The molecule has 0 aliphatic heterocycles. The third kappa shape index (κ3) is 11.6. The highest BCUT2D eigenvalue weighted by Crippen LogP contribution is 2.04. The van der Waals surface area contributed by atoms with Crippen LogP contribution in [0.3, 0.4) is 0 Å². The maximum absolute atomic E-state index is 11.6. The standard InChI is InChI=1S/C18H31N3O2/c1-2-3-4-5-6-9-14-23-15-10-13-20-18(22)21-16-17-11-7-8-12-19-17/h7-8,11-12H,2-6,9-10,13-16H2,1H3,(H2,20,21,22). The zero-order valence-electron chi connectivity index (χ0n) is 14.4. The molecular weight excluding hydrogens is 290 g/mol. The molecule has 0 saturated carbocycles. The maximum atomic E-state index is 11.6. The molecule has 2 amide bonds. The van der Waals surface area contributed by atoms with Crippen molar-refractivity contribution in [3.63, 3.8) is 0 Å². The van der Waals surface area contributed by atoms with E-state index in [0.29, 0.717) is 19.7 Å². The minimum Gasteiger partial charge on any atom is -0.381 e. The highest BCUT2D eigenvalue weighted by Gasteiger charge is 2.00. The van der Waals surface area contributed by atoms with E-state index < -0.39 is 0 Å². The van der Waals surface area contributed by atoms with E-state index in [1.54, 1.807) is 6.20 Å². The number of pyridine rings is 1. The first kappa shape index (κ1) is 19.4. The lowest BCUT2D eigenvalue weighted by Crippen LogP contribution is -2.36. The molecule has 0 aliphatic rings. The van der Waals surface area contributed by atoms with Crippen molar-refractivity contribution in [1.29, 1.82) is 0 Å². The summed E-state index contributed by atoms with van der Waals surface area (Å²) in [5.41, 5.74) is 0.852. The van der Waals surface area contributed by atoms with Crippen LogP contribution >= 0.6 is 0 Å². The van der Waals surface area contributed by atoms with Crippen LogP contribution in [0.4, 0.5) is 4.79 Å². The molecule has 5 heteroatoms. The fourth-order valence-corrected chi connectivity index (χ4v) is 2.20. The predicted molar refractivity (Wildman–Crippen MR) is 93.3 cm³/mol. The summed E-state index contributed by atoms with van der Waals surface area (Å²) in [5, 5.41) is 5.60. The number of unbranched alkanes of at least 4 members (excludes halogenated alkanes) is 5. The molecule has 5 nitrogen and oxygen atoms in total. The first-order valence-electron chi connectivity index (χ1n) is 8.82. The Hall–Kier alpha value is -1.62. The lowest BCUT2D eigenvalue weighted by atomic mass is 10.1. The molecule has 0 radical (unpaired) electrons. The van der Waals surface area contributed by atoms with Gasteiger partial charge in [-0.15, -0.1) is 0 Å². The molecule has 0 aromatic carbocycles. The van der Waals surface area contributed by atoms with Gasteiger partial charge < -0.3 is 15.4 Å². The average molecular weight is 321 g/mol. The van der Waals surface area contributed by atoms with E-state index in [9.17, 15) is 4.79 Å². The van der Waals surface area contributed by atoms with Crippen molar-refractivity contribution in [2.24, 2.45) is 0 Å². The zero-order valence-corrected chi connectivity index (χ0v) is 14.4. The second kappa shape index (κ2) is 14.0. The summed E-state index contributed by atoms with van der Waals surface area (Å²) < 4.78 is 5.57. The van der Waals surface area contributed by atoms with Gasteiger partial charge in [0, 0.05) is 26.0 Å². The van der Waals surface area contributed by atoms with Crippen LogP contribution in [0.2, 0.25) is 0 Å². The highest BCUT2D eigenvalue weighted by molar-refractivity contribution is 5.73. The van der Waals surface area contributed by atoms with Gasteiger partial charge in [0.15, 0.2) is 0 Å². The summed E-state index contributed by atoms with van der Waals surface area (Å²) >= 11 is 0. The Morgan fingerprint density at radius 1 is 1.04 bits per heavy atom. The highest BCUT2D eigenvalue weighted by atomic mass is 16.5. The summed E-state index contributed by atoms with van der Waals surface area (Å²) in [5.74, 6) is 0. The van der Waals surface area contributed by atoms with Crippen LogP contribution in [0, 0.1) is 0 Å². The number of hydrogen-bond donors (Lipinski definition) is 2. The van der Waals surface area contributed by atoms with Gasteiger partial charge in [-0.05, 0) is 25.0 Å². The molecule has 0 aliphatic carbocycles. The third-order valence-electron chi connectivity index (χ3n) is 3.55. The first-order chi connectivity index (χ1) is 11.3. The zero-order chi connectivity index (χ0) is 16.6. The second-order valence-corrected chi connectivity index (χ2v) is 5.66. The van der Waals surface area contributed by atoms with Gasteiger partial charge in [0.05, 0.1) is 12.2 Å². The van der Waals surface area contributed by atoms with E-state index in [-0.39, 0.29) is 6.03 Å². The van der Waals surface area contributed by atoms with Crippen LogP contribution in [0.25, 0.3) is 0 Å². The van der Waals surface area contributed by atoms with Crippen molar-refractivity contribution in [3.8, 4) is 0 Å². The Kier molecular flexibility index (Phi) is 11.8. The number of amides is 2. The molecule has 0 atom stereocenters. The largest absolute Gasteiger partial charge is 0.381 e. The van der Waals surface area contributed by atoms with Crippen LogP contribution in [0.5, 0.6) is 0 Å². The Labute approximate surface area is 140 Å². The van der Waals surface area contributed by atoms with Gasteiger partial charge in [0.2, 0.25) is 0 Å². The average Bonchev–Trinajstić information content (AvgIpc) is 2.59. The van der Waals surface area contributed by atoms with E-state index in [1.165, 1.54) is 32.1 Å². The fraction of sp³-hybridized carbons (Fsp3) is 0.667. The Bertz CT molecular complexity index is 399. The van der Waals surface area contributed by atoms with Gasteiger partial charge in [0.1, 0.15) is 0 Å². The summed E-state index contributed by atoms with van der Waals surface area (Å²) in [6, 6.07) is 5.49. The number of aromatic nitrogens is 1. The van der Waals surface area contributed by atoms with Crippen molar-refractivity contribution < 1.29 is 9.53 Å². The number of nitrogens with one attached hydrogen (secondary N) is 2. The van der Waals surface area contributed by atoms with Crippen molar-refractivity contribution in [1.82, 2.24) is 15.6 Å². The Balaban J connectivity index is 1.84. The van der Waals surface area contributed by atoms with Gasteiger partial charge in [0.25, 0.3) is 0 Å². The number of urea groups is 1. The summed E-state index contributed by atoms with van der Waals surface area (Å²) in [6.07, 6.45) is 10.2. The van der Waals surface area contributed by atoms with Gasteiger partial charge in [-0.1, -0.05) is 45.1 Å². The smallest absolute Gasteiger partial charge is 0.315 e. The monoisotopic (exact) mass is 321 g/mol. The first-order valence-corrected chi connectivity index (χ1v) is 8.82. The van der Waals surface area contributed by atoms with Crippen LogP contribution in [-0.2, 0) is 11.3 Å². The molecular formula is C18H31N3O2. The number of nitrogens with zero attached hydrogens (tertiary/aromatic N) is 1. The number of carbonyl (C=O) groups is 1. The minimum absolute atomic E-state index is 0.161. The van der Waals surface area contributed by atoms with E-state index in [0.717, 1.165) is 25.1 Å². The van der Waals surface area contributed by atoms with Gasteiger partial charge in [-0.3, -0.25) is 4.98 Å². The Morgan fingerprint density at radius 2 is 1.83 bits per heavy atom. The van der Waals surface area contributed by atoms with Crippen LogP contribution in [-0.4, -0.2) is 30.8 Å². The molecule has 1 rings (SSSR count). The molecule has 0 unspecified atom stereocenters. The summed E-state index contributed by atoms with van der Waals surface area (Å²) in [6.45, 7) is 4.84. The van der Waals surface area contributed by atoms with Crippen molar-refractivity contribution in [2.45, 2.75) is 58.4 Å². The lowest BCUT2D eigenvalue weighted by molar-refractivity contribution is 0.127. The number of carbonyl (C=O) groups excluding carboxylic acids is 1. The Morgan fingerprint density at radius 3 is 2.61 bits per heavy atom. The molecule has 23 heavy (non-hydrogen) atoms. The molecule has 130 valence electrons. The van der Waals surface area contributed by atoms with Crippen LogP contribution < -0.4 is 10.6 Å². The molecule has 0 spiro atoms. The fourth-order valence-electron chi connectivity index (χ4n) is 2.20. The van der Waals surface area contributed by atoms with Gasteiger partial charge in [-0.25, -0.2) is 4.79 Å². The molecule has 0 bridgehead atoms. The molecule has 1 aromatic rings. The predicted octanol–water partition coefficient (Wildman–Crippen LogP) is 3.65. The van der Waals surface area contributed by atoms with E-state index in [2.05, 4.69) is 22.5 Å². The third-order valence-corrected chi connectivity index (χ3v) is 3.55. The molecule has 1 aromatic heterocycles. The second-order valence-electron chi connectivity index (χ2n) is 5.66. The maximum Gasteiger partial charge on any atom is 0.315 e. The van der Waals surface area contributed by atoms with Gasteiger partial charge in [-0.2, -0.15) is 0 Å². The number of ether oxygens (including phenoxy) is 1. The molecule has 1 heterocycles. The number of rotatable bonds is 13. The summed E-state index contributed by atoms with van der Waals surface area (Å²) in [4.78, 5) is 15.7. The minimum atomic E-state index is -0.161. The summed E-state index contributed by atoms with van der Waals surface area (Å²) in [7, 11) is 0. The molecule has 0 fully saturated rings. The van der Waals surface area contributed by atoms with Crippen molar-refractivity contribution >= 4 is 6.03 Å². The van der Waals surface area contributed by atoms with E-state index >= 15 is 0 Å². The van der Waals surface area contributed by atoms with E-state index in [4.69, 9.17) is 4.74 Å². The quantitative estimate of drug-likeness (QED) is 0.545. The van der Waals surface area contributed by atoms with Crippen LogP contribution in [0.1, 0.15) is 57.6 Å². The van der Waals surface area contributed by atoms with Crippen molar-refractivity contribution in [2.75, 3.05) is 19.8 Å².